The number of aliphatic hydroxyl groups is 1. The zero-order valence-corrected chi connectivity index (χ0v) is 22.5. The fourth-order valence-corrected chi connectivity index (χ4v) is 5.32. The van der Waals surface area contributed by atoms with E-state index in [1.165, 1.54) is 11.9 Å². The van der Waals surface area contributed by atoms with E-state index in [9.17, 15) is 9.90 Å². The number of nitrogens with zero attached hydrogens (tertiary/aromatic N) is 3. The number of β-amino-alcohol motifs (C(OH)–C–C–N with tert-alkyl or cyclic N) is 1. The number of aryl methyl sites for hydroxylation is 1. The molecule has 0 spiro atoms. The Bertz CT molecular complexity index is 1240. The molecule has 9 heteroatoms. The maximum absolute atomic E-state index is 11.1. The zero-order valence-electron chi connectivity index (χ0n) is 20.8. The second-order valence-corrected chi connectivity index (χ2v) is 9.81. The Morgan fingerprint density at radius 2 is 1.78 bits per heavy atom. The number of carbonyl (C=O) groups is 1. The lowest BCUT2D eigenvalue weighted by atomic mass is 10.1. The van der Waals surface area contributed by atoms with Crippen LogP contribution in [0.2, 0.25) is 0 Å². The number of carbonyl (C=O) groups excluding carboxylic acids is 1. The van der Waals surface area contributed by atoms with Gasteiger partial charge in [0.2, 0.25) is 0 Å². The highest BCUT2D eigenvalue weighted by Crippen LogP contribution is 2.21. The number of aliphatic hydroxyl groups excluding tert-OH is 1. The number of fused-ring (bicyclic) bond motifs is 1. The molecule has 1 aliphatic rings. The van der Waals surface area contributed by atoms with Crippen LogP contribution in [0.1, 0.15) is 27.2 Å². The smallest absolute Gasteiger partial charge is 0.153 e. The van der Waals surface area contributed by atoms with Gasteiger partial charge in [-0.2, -0.15) is 11.8 Å². The molecule has 2 N–H and O–H groups in total. The second kappa shape index (κ2) is 14.9. The van der Waals surface area contributed by atoms with Crippen LogP contribution in [0.5, 0.6) is 0 Å². The summed E-state index contributed by atoms with van der Waals surface area (Å²) in [6.45, 7) is 4.49. The molecule has 0 radical (unpaired) electrons. The first-order chi connectivity index (χ1) is 17.7. The minimum Gasteiger partial charge on any atom is -0.391 e. The highest BCUT2D eigenvalue weighted by molar-refractivity contribution is 7.98. The summed E-state index contributed by atoms with van der Waals surface area (Å²) in [5.41, 5.74) is 5.36. The van der Waals surface area contributed by atoms with Gasteiger partial charge >= 0.3 is 0 Å². The van der Waals surface area contributed by atoms with Gasteiger partial charge < -0.3 is 19.7 Å². The number of aldehydes is 1. The molecule has 1 fully saturated rings. The minimum atomic E-state index is -0.145. The number of ether oxygens (including phenoxy) is 1. The van der Waals surface area contributed by atoms with Gasteiger partial charge in [0, 0.05) is 36.7 Å². The van der Waals surface area contributed by atoms with Crippen molar-refractivity contribution in [3.05, 3.63) is 95.6 Å². The third kappa shape index (κ3) is 8.12. The molecule has 196 valence electrons. The van der Waals surface area contributed by atoms with E-state index in [0.717, 1.165) is 47.7 Å². The monoisotopic (exact) mass is 540 g/mol. The molecule has 0 aliphatic carbocycles. The first-order valence-corrected chi connectivity index (χ1v) is 13.2. The molecule has 0 amide bonds. The lowest BCUT2D eigenvalue weighted by molar-refractivity contribution is 0.0666. The summed E-state index contributed by atoms with van der Waals surface area (Å²) in [5.74, 6) is 2.52. The Labute approximate surface area is 228 Å². The Hall–Kier alpha value is -2.75. The molecule has 5 rings (SSSR count). The molecular weight excluding hydrogens is 508 g/mol. The number of nitrogens with one attached hydrogen (secondary N) is 1. The summed E-state index contributed by atoms with van der Waals surface area (Å²) in [7, 11) is 0. The lowest BCUT2D eigenvalue weighted by Gasteiger charge is -2.12. The van der Waals surface area contributed by atoms with Gasteiger partial charge in [-0.25, -0.2) is 9.97 Å². The largest absolute Gasteiger partial charge is 0.391 e. The Balaban J connectivity index is 0.000000211. The first kappa shape index (κ1) is 28.8. The zero-order chi connectivity index (χ0) is 25.2. The predicted molar refractivity (Wildman–Crippen MR) is 151 cm³/mol. The number of thioether (sulfide) groups is 1. The van der Waals surface area contributed by atoms with Gasteiger partial charge in [0.15, 0.2) is 6.29 Å². The number of hydrogen-bond donors (Lipinski definition) is 2. The van der Waals surface area contributed by atoms with Crippen LogP contribution in [-0.2, 0) is 23.8 Å². The third-order valence-corrected chi connectivity index (χ3v) is 7.28. The first-order valence-electron chi connectivity index (χ1n) is 12.0. The second-order valence-electron chi connectivity index (χ2n) is 8.78. The number of benzene rings is 2. The Morgan fingerprint density at radius 3 is 2.43 bits per heavy atom. The third-order valence-electron chi connectivity index (χ3n) is 6.08. The quantitative estimate of drug-likeness (QED) is 0.299. The van der Waals surface area contributed by atoms with Gasteiger partial charge in [-0.3, -0.25) is 4.79 Å². The van der Waals surface area contributed by atoms with Gasteiger partial charge in [0.25, 0.3) is 0 Å². The van der Waals surface area contributed by atoms with Crippen molar-refractivity contribution in [2.45, 2.75) is 32.1 Å². The van der Waals surface area contributed by atoms with Gasteiger partial charge in [-0.1, -0.05) is 60.7 Å². The Kier molecular flexibility index (Phi) is 11.6. The molecular formula is C28H33ClN4O3S. The molecule has 2 aromatic carbocycles. The molecule has 0 bridgehead atoms. The summed E-state index contributed by atoms with van der Waals surface area (Å²) in [6.07, 6.45) is 3.89. The SMILES string of the molecule is Cc1ncnc2c(C=O)cn(COCc3ccccc3)c12.Cl.O[C@@H]1CNC[C@@H]1CSCc1ccccc1. The molecule has 1 saturated heterocycles. The van der Waals surface area contributed by atoms with E-state index in [0.29, 0.717) is 30.3 Å². The van der Waals surface area contributed by atoms with Crippen molar-refractivity contribution in [3.63, 3.8) is 0 Å². The Morgan fingerprint density at radius 1 is 1.08 bits per heavy atom. The summed E-state index contributed by atoms with van der Waals surface area (Å²) in [5, 5.41) is 12.8. The van der Waals surface area contributed by atoms with Gasteiger partial charge in [0.1, 0.15) is 18.6 Å². The van der Waals surface area contributed by atoms with E-state index in [1.807, 2.05) is 59.7 Å². The fourth-order valence-electron chi connectivity index (χ4n) is 4.13. The van der Waals surface area contributed by atoms with E-state index < -0.39 is 0 Å². The van der Waals surface area contributed by atoms with Crippen molar-refractivity contribution in [2.24, 2.45) is 5.92 Å². The average molecular weight is 541 g/mol. The number of rotatable bonds is 9. The van der Waals surface area contributed by atoms with Crippen LogP contribution >= 0.6 is 24.2 Å². The van der Waals surface area contributed by atoms with Crippen molar-refractivity contribution < 1.29 is 14.6 Å². The van der Waals surface area contributed by atoms with Gasteiger partial charge in [-0.15, -0.1) is 12.4 Å². The standard InChI is InChI=1S/C16H15N3O2.C12H17NOS.ClH/c1-12-16-15(18-10-17-12)14(8-20)7-19(16)11-21-9-13-5-3-2-4-6-13;14-12-7-13-6-11(12)9-15-8-10-4-2-1-3-5-10;/h2-8,10H,9,11H2,1H3;1-5,11-14H,6-9H2;1H/t;11-,12-;/m.1./s1. The highest BCUT2D eigenvalue weighted by Gasteiger charge is 2.24. The molecule has 3 heterocycles. The van der Waals surface area contributed by atoms with Crippen LogP contribution in [0.15, 0.2) is 73.2 Å². The van der Waals surface area contributed by atoms with Crippen LogP contribution in [0, 0.1) is 12.8 Å². The van der Waals surface area contributed by atoms with Crippen molar-refractivity contribution >= 4 is 41.5 Å². The van der Waals surface area contributed by atoms with E-state index in [1.54, 1.807) is 6.20 Å². The molecule has 2 atom stereocenters. The van der Waals surface area contributed by atoms with Crippen LogP contribution in [0.4, 0.5) is 0 Å². The molecule has 37 heavy (non-hydrogen) atoms. The molecule has 0 saturated carbocycles. The van der Waals surface area contributed by atoms with Gasteiger partial charge in [-0.05, 0) is 18.1 Å². The predicted octanol–water partition coefficient (Wildman–Crippen LogP) is 4.65. The molecule has 2 aromatic heterocycles. The van der Waals surface area contributed by atoms with Crippen molar-refractivity contribution in [1.82, 2.24) is 19.9 Å². The molecule has 4 aromatic rings. The summed E-state index contributed by atoms with van der Waals surface area (Å²) >= 11 is 1.91. The average Bonchev–Trinajstić information content (AvgIpc) is 3.49. The molecule has 0 unspecified atom stereocenters. The molecule has 1 aliphatic heterocycles. The van der Waals surface area contributed by atoms with Gasteiger partial charge in [0.05, 0.1) is 29.5 Å². The van der Waals surface area contributed by atoms with Crippen molar-refractivity contribution in [3.8, 4) is 0 Å². The fraction of sp³-hybridized carbons (Fsp3) is 0.321. The van der Waals surface area contributed by atoms with Crippen LogP contribution < -0.4 is 5.32 Å². The van der Waals surface area contributed by atoms with E-state index >= 15 is 0 Å². The van der Waals surface area contributed by atoms with E-state index in [2.05, 4.69) is 39.6 Å². The maximum atomic E-state index is 11.1. The molecule has 7 nitrogen and oxygen atoms in total. The van der Waals surface area contributed by atoms with Crippen LogP contribution in [0.3, 0.4) is 0 Å². The number of aromatic nitrogens is 3. The minimum absolute atomic E-state index is 0. The normalized spacial score (nSPS) is 16.6. The van der Waals surface area contributed by atoms with Crippen molar-refractivity contribution in [1.29, 1.82) is 0 Å². The number of hydrogen-bond acceptors (Lipinski definition) is 7. The topological polar surface area (TPSA) is 89.3 Å². The summed E-state index contributed by atoms with van der Waals surface area (Å²) in [4.78, 5) is 19.5. The maximum Gasteiger partial charge on any atom is 0.153 e. The van der Waals surface area contributed by atoms with E-state index in [-0.39, 0.29) is 18.5 Å². The number of halogens is 1. The lowest BCUT2D eigenvalue weighted by Crippen LogP contribution is -2.19. The van der Waals surface area contributed by atoms with Crippen LogP contribution in [-0.4, -0.2) is 50.9 Å². The summed E-state index contributed by atoms with van der Waals surface area (Å²) < 4.78 is 7.59. The van der Waals surface area contributed by atoms with Crippen molar-refractivity contribution in [2.75, 3.05) is 18.8 Å². The highest BCUT2D eigenvalue weighted by atomic mass is 35.5. The summed E-state index contributed by atoms with van der Waals surface area (Å²) in [6, 6.07) is 20.4. The van der Waals surface area contributed by atoms with E-state index in [4.69, 9.17) is 4.74 Å². The van der Waals surface area contributed by atoms with Crippen LogP contribution in [0.25, 0.3) is 11.0 Å².